The molecule has 1 saturated carbocycles. The Hall–Kier alpha value is -3.73. The summed E-state index contributed by atoms with van der Waals surface area (Å²) in [7, 11) is 0. The summed E-state index contributed by atoms with van der Waals surface area (Å²) in [6.45, 7) is 0. The molecule has 7 nitrogen and oxygen atoms in total. The molecule has 5 rings (SSSR count). The van der Waals surface area contributed by atoms with E-state index in [2.05, 4.69) is 20.0 Å². The van der Waals surface area contributed by atoms with Crippen LogP contribution in [0.3, 0.4) is 0 Å². The lowest BCUT2D eigenvalue weighted by Crippen LogP contribution is -2.24. The number of carbonyl (C=O) groups is 1. The normalized spacial score (nSPS) is 13.9. The highest BCUT2D eigenvalue weighted by atomic mass is 35.5. The Morgan fingerprint density at radius 3 is 2.50 bits per heavy atom. The lowest BCUT2D eigenvalue weighted by Gasteiger charge is -2.13. The maximum Gasteiger partial charge on any atom is 0.471 e. The first-order chi connectivity index (χ1) is 16.1. The number of carbonyl (C=O) groups excluding carboxylic acids is 1. The number of benzene rings is 2. The molecule has 1 aliphatic carbocycles. The van der Waals surface area contributed by atoms with Crippen LogP contribution in [0.5, 0.6) is 0 Å². The van der Waals surface area contributed by atoms with Gasteiger partial charge in [0.05, 0.1) is 10.5 Å². The first kappa shape index (κ1) is 22.1. The number of halogens is 5. The van der Waals surface area contributed by atoms with Gasteiger partial charge in [-0.05, 0) is 49.2 Å². The van der Waals surface area contributed by atoms with Gasteiger partial charge in [0.15, 0.2) is 0 Å². The number of hydrogen-bond donors (Lipinski definition) is 1. The van der Waals surface area contributed by atoms with Crippen LogP contribution in [0.1, 0.15) is 35.1 Å². The van der Waals surface area contributed by atoms with Crippen molar-refractivity contribution in [2.24, 2.45) is 0 Å². The zero-order valence-electron chi connectivity index (χ0n) is 17.0. The highest BCUT2D eigenvalue weighted by Crippen LogP contribution is 2.37. The van der Waals surface area contributed by atoms with E-state index in [-0.39, 0.29) is 39.1 Å². The van der Waals surface area contributed by atoms with Crippen LogP contribution in [0.25, 0.3) is 22.3 Å². The number of aromatic nitrogens is 3. The van der Waals surface area contributed by atoms with Crippen LogP contribution in [0.2, 0.25) is 5.02 Å². The molecule has 1 amide bonds. The SMILES string of the molecule is O=C(Nc1ccc(-c2noc(C(F)(F)F)n2)cc1)c1cn(C2CC2)c2cc(Cl)c(F)cc2c1=O. The van der Waals surface area contributed by atoms with Gasteiger partial charge in [0.1, 0.15) is 11.4 Å². The van der Waals surface area contributed by atoms with E-state index in [1.807, 2.05) is 0 Å². The van der Waals surface area contributed by atoms with Crippen LogP contribution in [0, 0.1) is 5.82 Å². The van der Waals surface area contributed by atoms with Crippen molar-refractivity contribution in [1.82, 2.24) is 14.7 Å². The van der Waals surface area contributed by atoms with Crippen molar-refractivity contribution >= 4 is 34.1 Å². The van der Waals surface area contributed by atoms with E-state index < -0.39 is 29.2 Å². The summed E-state index contributed by atoms with van der Waals surface area (Å²) in [4.78, 5) is 29.1. The molecule has 0 spiro atoms. The van der Waals surface area contributed by atoms with Crippen LogP contribution in [0.4, 0.5) is 23.2 Å². The summed E-state index contributed by atoms with van der Waals surface area (Å²) in [6, 6.07) is 8.07. The number of pyridine rings is 1. The molecule has 12 heteroatoms. The second-order valence-electron chi connectivity index (χ2n) is 7.75. The number of anilines is 1. The Balaban J connectivity index is 1.44. The Morgan fingerprint density at radius 1 is 1.18 bits per heavy atom. The largest absolute Gasteiger partial charge is 0.471 e. The molecule has 1 fully saturated rings. The molecule has 0 atom stereocenters. The van der Waals surface area contributed by atoms with Crippen molar-refractivity contribution in [3.8, 4) is 11.4 Å². The molecule has 2 aromatic carbocycles. The zero-order valence-corrected chi connectivity index (χ0v) is 17.7. The van der Waals surface area contributed by atoms with Gasteiger partial charge >= 0.3 is 12.1 Å². The third-order valence-corrected chi connectivity index (χ3v) is 5.62. The topological polar surface area (TPSA) is 90.0 Å². The number of nitrogens with one attached hydrogen (secondary N) is 1. The van der Waals surface area contributed by atoms with Gasteiger partial charge in [0.2, 0.25) is 11.3 Å². The number of fused-ring (bicyclic) bond motifs is 1. The van der Waals surface area contributed by atoms with E-state index in [9.17, 15) is 27.2 Å². The predicted molar refractivity (Wildman–Crippen MR) is 114 cm³/mol. The van der Waals surface area contributed by atoms with Gasteiger partial charge in [0, 0.05) is 28.9 Å². The van der Waals surface area contributed by atoms with Gasteiger partial charge in [-0.15, -0.1) is 0 Å². The van der Waals surface area contributed by atoms with E-state index in [4.69, 9.17) is 11.6 Å². The van der Waals surface area contributed by atoms with Crippen LogP contribution in [0.15, 0.2) is 51.9 Å². The molecule has 0 aliphatic heterocycles. The van der Waals surface area contributed by atoms with Gasteiger partial charge < -0.3 is 14.4 Å². The maximum absolute atomic E-state index is 14.0. The number of hydrogen-bond acceptors (Lipinski definition) is 5. The quantitative estimate of drug-likeness (QED) is 0.383. The van der Waals surface area contributed by atoms with Gasteiger partial charge in [-0.3, -0.25) is 9.59 Å². The number of nitrogens with zero attached hydrogens (tertiary/aromatic N) is 3. The molecule has 1 aliphatic rings. The second-order valence-corrected chi connectivity index (χ2v) is 8.15. The van der Waals surface area contributed by atoms with Crippen LogP contribution >= 0.6 is 11.6 Å². The lowest BCUT2D eigenvalue weighted by molar-refractivity contribution is -0.159. The maximum atomic E-state index is 14.0. The summed E-state index contributed by atoms with van der Waals surface area (Å²) in [5.41, 5.74) is 0.110. The average Bonchev–Trinajstić information content (AvgIpc) is 3.49. The fourth-order valence-corrected chi connectivity index (χ4v) is 3.68. The van der Waals surface area contributed by atoms with Crippen LogP contribution in [-0.2, 0) is 6.18 Å². The Kier molecular flexibility index (Phi) is 5.16. The van der Waals surface area contributed by atoms with Gasteiger partial charge in [-0.1, -0.05) is 16.8 Å². The van der Waals surface area contributed by atoms with E-state index in [0.717, 1.165) is 18.9 Å². The Labute approximate surface area is 192 Å². The molecule has 1 N–H and O–H groups in total. The van der Waals surface area contributed by atoms with Crippen molar-refractivity contribution in [3.63, 3.8) is 0 Å². The Morgan fingerprint density at radius 2 is 1.88 bits per heavy atom. The summed E-state index contributed by atoms with van der Waals surface area (Å²) >= 11 is 5.89. The molecule has 0 saturated heterocycles. The van der Waals surface area contributed by atoms with Crippen LogP contribution < -0.4 is 10.7 Å². The van der Waals surface area contributed by atoms with Crippen LogP contribution in [-0.4, -0.2) is 20.6 Å². The second kappa shape index (κ2) is 7.94. The summed E-state index contributed by atoms with van der Waals surface area (Å²) in [5.74, 6) is -3.23. The lowest BCUT2D eigenvalue weighted by atomic mass is 10.1. The minimum atomic E-state index is -4.76. The van der Waals surface area contributed by atoms with Crippen molar-refractivity contribution in [2.75, 3.05) is 5.32 Å². The van der Waals surface area contributed by atoms with E-state index in [1.54, 1.807) is 4.57 Å². The monoisotopic (exact) mass is 492 g/mol. The molecule has 0 radical (unpaired) electrons. The van der Waals surface area contributed by atoms with E-state index in [0.29, 0.717) is 5.52 Å². The molecule has 34 heavy (non-hydrogen) atoms. The highest BCUT2D eigenvalue weighted by Gasteiger charge is 2.38. The number of rotatable bonds is 4. The molecular weight excluding hydrogens is 480 g/mol. The minimum Gasteiger partial charge on any atom is -0.343 e. The minimum absolute atomic E-state index is 0.0365. The third-order valence-electron chi connectivity index (χ3n) is 5.33. The molecule has 0 bridgehead atoms. The van der Waals surface area contributed by atoms with E-state index in [1.165, 1.54) is 36.5 Å². The number of amides is 1. The number of alkyl halides is 3. The van der Waals surface area contributed by atoms with Crippen molar-refractivity contribution in [1.29, 1.82) is 0 Å². The predicted octanol–water partition coefficient (Wildman–Crippen LogP) is 5.45. The van der Waals surface area contributed by atoms with Crippen molar-refractivity contribution in [2.45, 2.75) is 25.1 Å². The highest BCUT2D eigenvalue weighted by molar-refractivity contribution is 6.31. The zero-order chi connectivity index (χ0) is 24.2. The van der Waals surface area contributed by atoms with Gasteiger partial charge in [-0.25, -0.2) is 4.39 Å². The Bertz CT molecular complexity index is 1490. The molecule has 0 unspecified atom stereocenters. The van der Waals surface area contributed by atoms with Gasteiger partial charge in [0.25, 0.3) is 5.91 Å². The summed E-state index contributed by atoms with van der Waals surface area (Å²) < 4.78 is 57.9. The smallest absolute Gasteiger partial charge is 0.343 e. The fraction of sp³-hybridized carbons (Fsp3) is 0.182. The first-order valence-corrected chi connectivity index (χ1v) is 10.4. The molecule has 2 heterocycles. The molecule has 2 aromatic heterocycles. The third kappa shape index (κ3) is 4.03. The standard InChI is InChI=1S/C22H13ClF4N4O3/c23-15-8-17-13(7-16(15)24)18(32)14(9-31(17)12-5-6-12)20(33)28-11-3-1-10(2-4-11)19-29-21(34-30-19)22(25,26)27/h1-4,7-9,12H,5-6H2,(H,28,33). The van der Waals surface area contributed by atoms with Crippen molar-refractivity contribution < 1.29 is 26.9 Å². The molecule has 4 aromatic rings. The van der Waals surface area contributed by atoms with Gasteiger partial charge in [-0.2, -0.15) is 18.2 Å². The first-order valence-electron chi connectivity index (χ1n) is 9.98. The average molecular weight is 493 g/mol. The molecule has 174 valence electrons. The summed E-state index contributed by atoms with van der Waals surface area (Å²) in [6.07, 6.45) is -1.64. The van der Waals surface area contributed by atoms with Crippen molar-refractivity contribution in [3.05, 3.63) is 75.1 Å². The molecular formula is C22H13ClF4N4O3. The van der Waals surface area contributed by atoms with E-state index >= 15 is 0 Å². The summed E-state index contributed by atoms with van der Waals surface area (Å²) in [5, 5.41) is 5.78. The fourth-order valence-electron chi connectivity index (χ4n) is 3.52.